The SMILES string of the molecule is [B+2]c1ccccc1NC(=O)OC(C)(C)C.[OH-].[OH-]. The molecule has 0 spiro atoms. The van der Waals surface area contributed by atoms with E-state index in [4.69, 9.17) is 12.6 Å². The van der Waals surface area contributed by atoms with Crippen molar-refractivity contribution in [3.63, 3.8) is 0 Å². The summed E-state index contributed by atoms with van der Waals surface area (Å²) in [5.41, 5.74) is 0.572. The van der Waals surface area contributed by atoms with Gasteiger partial charge in [0.1, 0.15) is 0 Å². The number of ether oxygens (including phenoxy) is 1. The molecule has 0 heterocycles. The Hall–Kier alpha value is -1.53. The second kappa shape index (κ2) is 6.93. The van der Waals surface area contributed by atoms with Gasteiger partial charge >= 0.3 is 90.6 Å². The molecule has 0 atom stereocenters. The van der Waals surface area contributed by atoms with E-state index >= 15 is 0 Å². The quantitative estimate of drug-likeness (QED) is 0.747. The number of nitrogens with one attached hydrogen (secondary N) is 1. The maximum Gasteiger partial charge on any atom is -0.870 e. The van der Waals surface area contributed by atoms with Crippen LogP contribution in [-0.4, -0.2) is 30.5 Å². The molecule has 92 valence electrons. The molecule has 0 saturated carbocycles. The van der Waals surface area contributed by atoms with Crippen LogP contribution < -0.4 is 10.8 Å². The van der Waals surface area contributed by atoms with Crippen LogP contribution in [0.5, 0.6) is 0 Å². The van der Waals surface area contributed by atoms with Gasteiger partial charge in [0.25, 0.3) is 0 Å². The number of hydrogen-bond donors (Lipinski definition) is 1. The van der Waals surface area contributed by atoms with Crippen molar-refractivity contribution in [3.05, 3.63) is 24.3 Å². The summed E-state index contributed by atoms with van der Waals surface area (Å²) in [4.78, 5) is 11.4. The molecule has 1 rings (SSSR count). The van der Waals surface area contributed by atoms with Crippen molar-refractivity contribution < 1.29 is 20.5 Å². The fourth-order valence-corrected chi connectivity index (χ4v) is 1.02. The number of anilines is 1. The van der Waals surface area contributed by atoms with Gasteiger partial charge in [0.15, 0.2) is 0 Å². The summed E-state index contributed by atoms with van der Waals surface area (Å²) in [7, 11) is 5.66. The van der Waals surface area contributed by atoms with Crippen molar-refractivity contribution in [1.82, 2.24) is 0 Å². The first-order valence-electron chi connectivity index (χ1n) is 4.73. The topological polar surface area (TPSA) is 98.3 Å². The molecular formula is C11H16BNO4. The summed E-state index contributed by atoms with van der Waals surface area (Å²) in [6.07, 6.45) is -0.500. The third-order valence-corrected chi connectivity index (χ3v) is 1.60. The van der Waals surface area contributed by atoms with Crippen LogP contribution in [-0.2, 0) is 4.74 Å². The Morgan fingerprint density at radius 2 is 1.76 bits per heavy atom. The van der Waals surface area contributed by atoms with Gasteiger partial charge in [-0.3, -0.25) is 0 Å². The minimum atomic E-state index is -0.506. The van der Waals surface area contributed by atoms with Crippen molar-refractivity contribution in [2.75, 3.05) is 5.32 Å². The molecule has 0 aliphatic carbocycles. The molecule has 1 aromatic carbocycles. The molecule has 3 N–H and O–H groups in total. The molecule has 0 aromatic heterocycles. The average Bonchev–Trinajstić information content (AvgIpc) is 2.05. The van der Waals surface area contributed by atoms with E-state index in [9.17, 15) is 4.79 Å². The summed E-state index contributed by atoms with van der Waals surface area (Å²) in [6.45, 7) is 5.42. The van der Waals surface area contributed by atoms with E-state index in [1.165, 1.54) is 0 Å². The standard InChI is InChI=1S/C11H14BNO2.2H2O/c1-11(2,3)15-10(14)13-9-7-5-4-6-8(9)12;;/h4-7H,1-3H3,(H,13,14);2*1H2/q+2;;/p-2. The van der Waals surface area contributed by atoms with E-state index in [-0.39, 0.29) is 11.0 Å². The number of hydrogen-bond acceptors (Lipinski definition) is 4. The van der Waals surface area contributed by atoms with E-state index in [1.54, 1.807) is 45.0 Å². The van der Waals surface area contributed by atoms with Crippen LogP contribution in [0.15, 0.2) is 24.3 Å². The fraction of sp³-hybridized carbons (Fsp3) is 0.364. The number of carbonyl (C=O) groups excluding carboxylic acids is 1. The minimum Gasteiger partial charge on any atom is -0.870 e. The Balaban J connectivity index is 0. The largest absolute Gasteiger partial charge is 0.870 e. The molecule has 0 aliphatic heterocycles. The van der Waals surface area contributed by atoms with Crippen molar-refractivity contribution in [3.8, 4) is 0 Å². The van der Waals surface area contributed by atoms with Gasteiger partial charge in [-0.1, -0.05) is 0 Å². The van der Waals surface area contributed by atoms with Gasteiger partial charge < -0.3 is 11.0 Å². The molecule has 1 amide bonds. The molecule has 6 heteroatoms. The third kappa shape index (κ3) is 6.60. The first kappa shape index (κ1) is 17.9. The van der Waals surface area contributed by atoms with Crippen molar-refractivity contribution in [2.24, 2.45) is 0 Å². The van der Waals surface area contributed by atoms with Crippen LogP contribution in [0.1, 0.15) is 20.8 Å². The molecule has 1 aromatic rings. The summed E-state index contributed by atoms with van der Waals surface area (Å²) in [5, 5.41) is 2.58. The average molecular weight is 237 g/mol. The van der Waals surface area contributed by atoms with Crippen molar-refractivity contribution in [2.45, 2.75) is 26.4 Å². The van der Waals surface area contributed by atoms with E-state index in [0.29, 0.717) is 11.2 Å². The molecule has 5 nitrogen and oxygen atoms in total. The van der Waals surface area contributed by atoms with Gasteiger partial charge in [0, 0.05) is 0 Å². The maximum absolute atomic E-state index is 11.4. The molecule has 17 heavy (non-hydrogen) atoms. The zero-order valence-corrected chi connectivity index (χ0v) is 10.1. The van der Waals surface area contributed by atoms with Crippen LogP contribution in [0.2, 0.25) is 0 Å². The zero-order valence-electron chi connectivity index (χ0n) is 10.1. The summed E-state index contributed by atoms with van der Waals surface area (Å²) in [5.74, 6) is 0. The zero-order chi connectivity index (χ0) is 11.5. The van der Waals surface area contributed by atoms with Crippen molar-refractivity contribution in [1.29, 1.82) is 0 Å². The summed E-state index contributed by atoms with van der Waals surface area (Å²) in [6, 6.07) is 7.03. The molecule has 0 bridgehead atoms. The predicted octanol–water partition coefficient (Wildman–Crippen LogP) is 1.47. The normalized spacial score (nSPS) is 9.71. The first-order chi connectivity index (χ1) is 6.88. The number of carbonyl (C=O) groups is 1. The second-order valence-electron chi connectivity index (χ2n) is 4.21. The Bertz CT molecular complexity index is 363. The fourth-order valence-electron chi connectivity index (χ4n) is 1.02. The van der Waals surface area contributed by atoms with Gasteiger partial charge in [0.05, 0.1) is 0 Å². The Labute approximate surface area is 102 Å². The van der Waals surface area contributed by atoms with Crippen LogP contribution in [0.25, 0.3) is 0 Å². The predicted molar refractivity (Wildman–Crippen MR) is 65.6 cm³/mol. The number of rotatable bonds is 1. The Morgan fingerprint density at radius 3 is 2.24 bits per heavy atom. The van der Waals surface area contributed by atoms with E-state index in [0.717, 1.165) is 0 Å². The van der Waals surface area contributed by atoms with E-state index in [2.05, 4.69) is 5.32 Å². The maximum atomic E-state index is 11.4. The molecule has 0 aliphatic rings. The van der Waals surface area contributed by atoms with Gasteiger partial charge in [-0.2, -0.15) is 0 Å². The molecule has 0 radical (unpaired) electrons. The van der Waals surface area contributed by atoms with Crippen LogP contribution >= 0.6 is 0 Å². The molecule has 0 unspecified atom stereocenters. The van der Waals surface area contributed by atoms with Crippen LogP contribution in [0, 0.1) is 0 Å². The number of amides is 1. The molecule has 0 saturated heterocycles. The van der Waals surface area contributed by atoms with Gasteiger partial charge in [-0.25, -0.2) is 0 Å². The Kier molecular flexibility index (Phi) is 7.28. The summed E-state index contributed by atoms with van der Waals surface area (Å²) < 4.78 is 5.09. The molecular weight excluding hydrogens is 221 g/mol. The van der Waals surface area contributed by atoms with Crippen LogP contribution in [0.4, 0.5) is 10.5 Å². The smallest absolute Gasteiger partial charge is 0.870 e. The minimum absolute atomic E-state index is 0. The van der Waals surface area contributed by atoms with E-state index in [1.807, 2.05) is 0 Å². The van der Waals surface area contributed by atoms with Gasteiger partial charge in [0.2, 0.25) is 0 Å². The van der Waals surface area contributed by atoms with E-state index < -0.39 is 11.7 Å². The van der Waals surface area contributed by atoms with Crippen molar-refractivity contribution >= 4 is 25.1 Å². The third-order valence-electron chi connectivity index (χ3n) is 1.60. The van der Waals surface area contributed by atoms with Gasteiger partial charge in [-0.15, -0.1) is 0 Å². The Morgan fingerprint density at radius 1 is 1.24 bits per heavy atom. The number of benzene rings is 1. The van der Waals surface area contributed by atoms with Crippen LogP contribution in [0.3, 0.4) is 0 Å². The van der Waals surface area contributed by atoms with Gasteiger partial charge in [-0.05, 0) is 0 Å². The first-order valence-corrected chi connectivity index (χ1v) is 4.73. The number of para-hydroxylation sites is 1. The monoisotopic (exact) mass is 237 g/mol. The molecule has 0 fully saturated rings. The summed E-state index contributed by atoms with van der Waals surface area (Å²) >= 11 is 0. The second-order valence-corrected chi connectivity index (χ2v) is 4.21.